The summed E-state index contributed by atoms with van der Waals surface area (Å²) in [5.41, 5.74) is 0.919. The zero-order chi connectivity index (χ0) is 30.1. The highest BCUT2D eigenvalue weighted by Crippen LogP contribution is 2.57. The Morgan fingerprint density at radius 3 is 1.53 bits per heavy atom. The Labute approximate surface area is 251 Å². The van der Waals surface area contributed by atoms with Gasteiger partial charge in [-0.3, -0.25) is 9.59 Å². The predicted octanol–water partition coefficient (Wildman–Crippen LogP) is 5.68. The molecular formula is C36H30N2O4P+. The molecule has 0 aliphatic carbocycles. The summed E-state index contributed by atoms with van der Waals surface area (Å²) < 4.78 is 4.93. The molecule has 7 heteroatoms. The number of carbonyl (C=O) groups excluding carboxylic acids is 3. The fraction of sp³-hybridized carbons (Fsp3) is 0.0278. The molecule has 0 aliphatic rings. The minimum atomic E-state index is -2.68. The van der Waals surface area contributed by atoms with Gasteiger partial charge in [0.25, 0.3) is 11.8 Å². The van der Waals surface area contributed by atoms with Gasteiger partial charge in [0.15, 0.2) is 0 Å². The number of amides is 2. The highest BCUT2D eigenvalue weighted by Gasteiger charge is 2.45. The molecule has 0 saturated heterocycles. The van der Waals surface area contributed by atoms with Crippen LogP contribution in [0.4, 0.5) is 5.69 Å². The second-order valence-corrected chi connectivity index (χ2v) is 12.8. The van der Waals surface area contributed by atoms with E-state index in [0.717, 1.165) is 15.9 Å². The predicted molar refractivity (Wildman–Crippen MR) is 174 cm³/mol. The number of benzene rings is 5. The van der Waals surface area contributed by atoms with Crippen LogP contribution in [0.3, 0.4) is 0 Å². The number of nitrogens with one attached hydrogen (secondary N) is 2. The Balaban J connectivity index is 1.73. The first kappa shape index (κ1) is 29.2. The van der Waals surface area contributed by atoms with E-state index < -0.39 is 25.0 Å². The van der Waals surface area contributed by atoms with Crippen LogP contribution in [-0.4, -0.2) is 24.9 Å². The van der Waals surface area contributed by atoms with Crippen molar-refractivity contribution >= 4 is 46.6 Å². The van der Waals surface area contributed by atoms with Gasteiger partial charge >= 0.3 is 5.97 Å². The number of esters is 1. The number of hydrogen-bond donors (Lipinski definition) is 2. The summed E-state index contributed by atoms with van der Waals surface area (Å²) in [6.45, 7) is 0. The summed E-state index contributed by atoms with van der Waals surface area (Å²) in [5, 5.41) is 8.76. The standard InChI is InChI=1S/C36H29N2O4P/c1-42-36(41)31-24-14-15-25-32(31)37-35(40)33(38-34(39)27-16-6-2-7-17-27)26-43(28-18-8-3-9-19-28,29-20-10-4-11-21-29)30-22-12-5-13-23-30/h2-26H,1H3,(H-,37,38,39,40,41)/p+1. The Kier molecular flexibility index (Phi) is 9.20. The Morgan fingerprint density at radius 1 is 0.605 bits per heavy atom. The Morgan fingerprint density at radius 2 is 1.05 bits per heavy atom. The number of rotatable bonds is 9. The molecule has 0 radical (unpaired) electrons. The lowest BCUT2D eigenvalue weighted by molar-refractivity contribution is -0.113. The van der Waals surface area contributed by atoms with Gasteiger partial charge in [-0.25, -0.2) is 4.79 Å². The smallest absolute Gasteiger partial charge is 0.339 e. The van der Waals surface area contributed by atoms with E-state index in [4.69, 9.17) is 4.74 Å². The molecule has 212 valence electrons. The van der Waals surface area contributed by atoms with E-state index >= 15 is 0 Å². The first-order valence-electron chi connectivity index (χ1n) is 13.7. The molecular weight excluding hydrogens is 555 g/mol. The normalized spacial score (nSPS) is 11.3. The summed E-state index contributed by atoms with van der Waals surface area (Å²) in [5.74, 6) is 0.294. The quantitative estimate of drug-likeness (QED) is 0.133. The number of carbonyl (C=O) groups is 3. The maximum atomic E-state index is 14.2. The lowest BCUT2D eigenvalue weighted by atomic mass is 10.1. The SMILES string of the molecule is COC(=O)c1ccccc1NC(=O)C(=C[P+](c1ccccc1)(c1ccccc1)c1ccccc1)NC(=O)c1ccccc1. The van der Waals surface area contributed by atoms with Crippen molar-refractivity contribution in [3.63, 3.8) is 0 Å². The topological polar surface area (TPSA) is 84.5 Å². The van der Waals surface area contributed by atoms with Crippen LogP contribution in [-0.2, 0) is 9.53 Å². The van der Waals surface area contributed by atoms with E-state index in [0.29, 0.717) is 5.56 Å². The Hall–Kier alpha value is -5.32. The van der Waals surface area contributed by atoms with Crippen molar-refractivity contribution in [2.24, 2.45) is 0 Å². The zero-order valence-electron chi connectivity index (χ0n) is 23.5. The molecule has 5 aromatic carbocycles. The minimum Gasteiger partial charge on any atom is -0.465 e. The van der Waals surface area contributed by atoms with Crippen molar-refractivity contribution < 1.29 is 19.1 Å². The van der Waals surface area contributed by atoms with Gasteiger partial charge in [0.1, 0.15) is 34.7 Å². The highest BCUT2D eigenvalue weighted by atomic mass is 31.2. The monoisotopic (exact) mass is 585 g/mol. The third kappa shape index (κ3) is 6.45. The van der Waals surface area contributed by atoms with E-state index in [1.807, 2.05) is 103 Å². The van der Waals surface area contributed by atoms with Gasteiger partial charge in [-0.15, -0.1) is 0 Å². The van der Waals surface area contributed by atoms with Crippen LogP contribution in [0.5, 0.6) is 0 Å². The van der Waals surface area contributed by atoms with Crippen LogP contribution in [0.2, 0.25) is 0 Å². The van der Waals surface area contributed by atoms with Crippen LogP contribution in [0.1, 0.15) is 20.7 Å². The molecule has 0 saturated carbocycles. The van der Waals surface area contributed by atoms with Crippen LogP contribution < -0.4 is 26.5 Å². The number of anilines is 1. The Bertz CT molecular complexity index is 1650. The van der Waals surface area contributed by atoms with Crippen molar-refractivity contribution in [1.82, 2.24) is 5.32 Å². The van der Waals surface area contributed by atoms with Crippen LogP contribution >= 0.6 is 7.26 Å². The van der Waals surface area contributed by atoms with E-state index in [2.05, 4.69) is 10.6 Å². The van der Waals surface area contributed by atoms with Crippen molar-refractivity contribution in [2.75, 3.05) is 12.4 Å². The molecule has 0 atom stereocenters. The van der Waals surface area contributed by atoms with E-state index in [-0.39, 0.29) is 16.9 Å². The molecule has 43 heavy (non-hydrogen) atoms. The van der Waals surface area contributed by atoms with Gasteiger partial charge in [-0.2, -0.15) is 0 Å². The maximum Gasteiger partial charge on any atom is 0.339 e. The number of ether oxygens (including phenoxy) is 1. The van der Waals surface area contributed by atoms with Gasteiger partial charge in [0.2, 0.25) is 0 Å². The van der Waals surface area contributed by atoms with E-state index in [1.165, 1.54) is 7.11 Å². The van der Waals surface area contributed by atoms with E-state index in [9.17, 15) is 14.4 Å². The molecule has 0 aromatic heterocycles. The highest BCUT2D eigenvalue weighted by molar-refractivity contribution is 7.98. The van der Waals surface area contributed by atoms with Crippen molar-refractivity contribution in [2.45, 2.75) is 0 Å². The summed E-state index contributed by atoms with van der Waals surface area (Å²) in [7, 11) is -1.40. The lowest BCUT2D eigenvalue weighted by Crippen LogP contribution is -2.35. The number of hydrogen-bond acceptors (Lipinski definition) is 4. The van der Waals surface area contributed by atoms with Gasteiger partial charge < -0.3 is 15.4 Å². The van der Waals surface area contributed by atoms with Crippen LogP contribution in [0, 0.1) is 0 Å². The largest absolute Gasteiger partial charge is 0.465 e. The number of methoxy groups -OCH3 is 1. The fourth-order valence-corrected chi connectivity index (χ4v) is 8.69. The molecule has 2 amide bonds. The maximum absolute atomic E-state index is 14.2. The molecule has 5 aromatic rings. The molecule has 0 unspecified atom stereocenters. The first-order chi connectivity index (χ1) is 21.0. The summed E-state index contributed by atoms with van der Waals surface area (Å²) in [6, 6.07) is 45.3. The van der Waals surface area contributed by atoms with Crippen molar-refractivity contribution in [3.8, 4) is 0 Å². The van der Waals surface area contributed by atoms with Crippen molar-refractivity contribution in [1.29, 1.82) is 0 Å². The van der Waals surface area contributed by atoms with Gasteiger partial charge in [0, 0.05) is 5.56 Å². The summed E-state index contributed by atoms with van der Waals surface area (Å²) in [6.07, 6.45) is 0. The third-order valence-electron chi connectivity index (χ3n) is 6.92. The average molecular weight is 586 g/mol. The second kappa shape index (κ2) is 13.6. The first-order valence-corrected chi connectivity index (χ1v) is 15.5. The van der Waals surface area contributed by atoms with Gasteiger partial charge in [0.05, 0.1) is 18.4 Å². The number of para-hydroxylation sites is 1. The lowest BCUT2D eigenvalue weighted by Gasteiger charge is -2.25. The fourth-order valence-electron chi connectivity index (χ4n) is 4.86. The molecule has 6 nitrogen and oxygen atoms in total. The average Bonchev–Trinajstić information content (AvgIpc) is 3.08. The van der Waals surface area contributed by atoms with Gasteiger partial charge in [-0.05, 0) is 60.7 Å². The van der Waals surface area contributed by atoms with Crippen molar-refractivity contribution in [3.05, 3.63) is 168 Å². The van der Waals surface area contributed by atoms with Gasteiger partial charge in [-0.1, -0.05) is 84.9 Å². The van der Waals surface area contributed by atoms with E-state index in [1.54, 1.807) is 48.5 Å². The molecule has 0 spiro atoms. The molecule has 0 aliphatic heterocycles. The summed E-state index contributed by atoms with van der Waals surface area (Å²) in [4.78, 5) is 40.2. The van der Waals surface area contributed by atoms with Crippen LogP contribution in [0.25, 0.3) is 0 Å². The minimum absolute atomic E-state index is 0.0541. The zero-order valence-corrected chi connectivity index (χ0v) is 24.4. The second-order valence-electron chi connectivity index (χ2n) is 9.58. The molecule has 0 fully saturated rings. The van der Waals surface area contributed by atoms with Crippen LogP contribution in [0.15, 0.2) is 157 Å². The molecule has 2 N–H and O–H groups in total. The molecule has 0 heterocycles. The summed E-state index contributed by atoms with van der Waals surface area (Å²) >= 11 is 0. The third-order valence-corrected chi connectivity index (χ3v) is 10.9. The molecule has 0 bridgehead atoms. The molecule has 5 rings (SSSR count).